The summed E-state index contributed by atoms with van der Waals surface area (Å²) in [4.78, 5) is 26.0. The summed E-state index contributed by atoms with van der Waals surface area (Å²) in [6, 6.07) is 2.10. The van der Waals surface area contributed by atoms with Crippen LogP contribution in [-0.2, 0) is 17.8 Å². The van der Waals surface area contributed by atoms with Crippen LogP contribution >= 0.6 is 11.3 Å². The third-order valence-electron chi connectivity index (χ3n) is 4.33. The van der Waals surface area contributed by atoms with E-state index in [0.717, 1.165) is 48.6 Å². The Morgan fingerprint density at radius 3 is 3.00 bits per heavy atom. The molecule has 1 atom stereocenters. The molecule has 0 bridgehead atoms. The van der Waals surface area contributed by atoms with E-state index in [1.54, 1.807) is 11.3 Å². The maximum Gasteiger partial charge on any atom is 0.227 e. The molecule has 1 amide bonds. The Hall–Kier alpha value is -1.79. The number of thiophene rings is 1. The number of aryl methyl sites for hydroxylation is 1. The molecular weight excluding hydrogens is 320 g/mol. The van der Waals surface area contributed by atoms with Gasteiger partial charge < -0.3 is 9.80 Å². The molecule has 1 aliphatic heterocycles. The lowest BCUT2D eigenvalue weighted by Crippen LogP contribution is -2.33. The first kappa shape index (κ1) is 17.0. The zero-order chi connectivity index (χ0) is 17.1. The Morgan fingerprint density at radius 1 is 1.46 bits per heavy atom. The van der Waals surface area contributed by atoms with Crippen molar-refractivity contribution in [1.29, 1.82) is 0 Å². The highest BCUT2D eigenvalue weighted by Gasteiger charge is 2.32. The van der Waals surface area contributed by atoms with Gasteiger partial charge in [0, 0.05) is 24.8 Å². The molecule has 3 heterocycles. The van der Waals surface area contributed by atoms with E-state index >= 15 is 0 Å². The van der Waals surface area contributed by atoms with Crippen LogP contribution in [0.15, 0.2) is 23.0 Å². The summed E-state index contributed by atoms with van der Waals surface area (Å²) < 4.78 is 0. The topological polar surface area (TPSA) is 49.3 Å². The van der Waals surface area contributed by atoms with Crippen molar-refractivity contribution in [2.24, 2.45) is 0 Å². The molecule has 0 unspecified atom stereocenters. The average Bonchev–Trinajstić information content (AvgIpc) is 3.19. The molecule has 1 aliphatic rings. The van der Waals surface area contributed by atoms with E-state index in [0.29, 0.717) is 6.42 Å². The number of carbonyl (C=O) groups excluding carboxylic acids is 1. The molecule has 1 fully saturated rings. The van der Waals surface area contributed by atoms with Gasteiger partial charge in [-0.25, -0.2) is 9.97 Å². The summed E-state index contributed by atoms with van der Waals surface area (Å²) in [5.41, 5.74) is 3.24. The van der Waals surface area contributed by atoms with Crippen molar-refractivity contribution in [3.8, 4) is 0 Å². The lowest BCUT2D eigenvalue weighted by molar-refractivity contribution is -0.131. The number of carbonyl (C=O) groups is 1. The Morgan fingerprint density at radius 2 is 2.29 bits per heavy atom. The smallest absolute Gasteiger partial charge is 0.227 e. The standard InChI is InChI=1S/C18H24N4OS/c1-13-19-10-15(11-21(2)3)18(20-13)16-5-4-7-22(16)17(23)9-14-6-8-24-12-14/h6,8,10,12,16H,4-5,7,9,11H2,1-3H3/t16-/m1/s1. The monoisotopic (exact) mass is 344 g/mol. The minimum absolute atomic E-state index is 0.0767. The lowest BCUT2D eigenvalue weighted by Gasteiger charge is -2.26. The van der Waals surface area contributed by atoms with Crippen LogP contribution in [0.25, 0.3) is 0 Å². The molecule has 5 nitrogen and oxygen atoms in total. The fourth-order valence-electron chi connectivity index (χ4n) is 3.28. The molecule has 2 aromatic rings. The normalized spacial score (nSPS) is 17.7. The number of nitrogens with zero attached hydrogens (tertiary/aromatic N) is 4. The predicted molar refractivity (Wildman–Crippen MR) is 95.9 cm³/mol. The molecule has 1 saturated heterocycles. The maximum absolute atomic E-state index is 12.8. The summed E-state index contributed by atoms with van der Waals surface area (Å²) in [6.07, 6.45) is 4.40. The van der Waals surface area contributed by atoms with E-state index in [1.165, 1.54) is 0 Å². The van der Waals surface area contributed by atoms with Crippen molar-refractivity contribution in [2.75, 3.05) is 20.6 Å². The summed E-state index contributed by atoms with van der Waals surface area (Å²) in [6.45, 7) is 3.52. The lowest BCUT2D eigenvalue weighted by atomic mass is 10.0. The Bertz CT molecular complexity index is 699. The summed E-state index contributed by atoms with van der Waals surface area (Å²) in [7, 11) is 4.08. The SMILES string of the molecule is Cc1ncc(CN(C)C)c([C@H]2CCCN2C(=O)Cc2ccsc2)n1. The van der Waals surface area contributed by atoms with Gasteiger partial charge in [0.1, 0.15) is 5.82 Å². The van der Waals surface area contributed by atoms with Gasteiger partial charge in [0.05, 0.1) is 18.2 Å². The Balaban J connectivity index is 1.84. The maximum atomic E-state index is 12.8. The Kier molecular flexibility index (Phi) is 5.26. The number of likely N-dealkylation sites (tertiary alicyclic amines) is 1. The van der Waals surface area contributed by atoms with Gasteiger partial charge in [-0.3, -0.25) is 4.79 Å². The summed E-state index contributed by atoms with van der Waals surface area (Å²) >= 11 is 1.64. The van der Waals surface area contributed by atoms with Crippen LogP contribution in [0.2, 0.25) is 0 Å². The molecule has 3 rings (SSSR count). The molecule has 128 valence electrons. The van der Waals surface area contributed by atoms with Crippen LogP contribution in [0.3, 0.4) is 0 Å². The number of hydrogen-bond donors (Lipinski definition) is 0. The molecule has 0 radical (unpaired) electrons. The van der Waals surface area contributed by atoms with Crippen molar-refractivity contribution in [3.05, 3.63) is 45.7 Å². The van der Waals surface area contributed by atoms with Gasteiger partial charge in [0.15, 0.2) is 0 Å². The molecular formula is C18H24N4OS. The van der Waals surface area contributed by atoms with Crippen LogP contribution in [0.5, 0.6) is 0 Å². The molecule has 6 heteroatoms. The van der Waals surface area contributed by atoms with E-state index in [2.05, 4.69) is 15.3 Å². The third-order valence-corrected chi connectivity index (χ3v) is 5.06. The first-order valence-corrected chi connectivity index (χ1v) is 9.26. The van der Waals surface area contributed by atoms with E-state index in [4.69, 9.17) is 4.98 Å². The molecule has 0 N–H and O–H groups in total. The number of aromatic nitrogens is 2. The third kappa shape index (κ3) is 3.82. The predicted octanol–water partition coefficient (Wildman–Crippen LogP) is 2.81. The summed E-state index contributed by atoms with van der Waals surface area (Å²) in [5.74, 6) is 0.965. The second kappa shape index (κ2) is 7.40. The number of amides is 1. The molecule has 0 spiro atoms. The van der Waals surface area contributed by atoms with Crippen molar-refractivity contribution < 1.29 is 4.79 Å². The van der Waals surface area contributed by atoms with Gasteiger partial charge in [-0.05, 0) is 56.3 Å². The van der Waals surface area contributed by atoms with Crippen LogP contribution in [0.4, 0.5) is 0 Å². The second-order valence-electron chi connectivity index (χ2n) is 6.62. The van der Waals surface area contributed by atoms with Gasteiger partial charge in [-0.15, -0.1) is 0 Å². The molecule has 2 aromatic heterocycles. The zero-order valence-electron chi connectivity index (χ0n) is 14.5. The van der Waals surface area contributed by atoms with Crippen molar-refractivity contribution >= 4 is 17.2 Å². The average molecular weight is 344 g/mol. The minimum Gasteiger partial charge on any atom is -0.334 e. The van der Waals surface area contributed by atoms with Crippen molar-refractivity contribution in [3.63, 3.8) is 0 Å². The fraction of sp³-hybridized carbons (Fsp3) is 0.500. The van der Waals surface area contributed by atoms with Gasteiger partial charge in [0.25, 0.3) is 0 Å². The first-order valence-electron chi connectivity index (χ1n) is 8.32. The van der Waals surface area contributed by atoms with E-state index in [1.807, 2.05) is 43.6 Å². The largest absolute Gasteiger partial charge is 0.334 e. The molecule has 24 heavy (non-hydrogen) atoms. The quantitative estimate of drug-likeness (QED) is 0.837. The molecule has 0 aromatic carbocycles. The van der Waals surface area contributed by atoms with Crippen molar-refractivity contribution in [2.45, 2.75) is 38.8 Å². The highest BCUT2D eigenvalue weighted by Crippen LogP contribution is 2.33. The van der Waals surface area contributed by atoms with Crippen LogP contribution in [0, 0.1) is 6.92 Å². The van der Waals surface area contributed by atoms with Crippen LogP contribution in [0.1, 0.15) is 41.5 Å². The van der Waals surface area contributed by atoms with E-state index in [-0.39, 0.29) is 11.9 Å². The first-order chi connectivity index (χ1) is 11.5. The zero-order valence-corrected chi connectivity index (χ0v) is 15.3. The van der Waals surface area contributed by atoms with E-state index < -0.39 is 0 Å². The number of hydrogen-bond acceptors (Lipinski definition) is 5. The minimum atomic E-state index is 0.0767. The fourth-order valence-corrected chi connectivity index (χ4v) is 3.95. The summed E-state index contributed by atoms with van der Waals surface area (Å²) in [5, 5.41) is 4.07. The highest BCUT2D eigenvalue weighted by atomic mass is 32.1. The Labute approximate surface area is 147 Å². The van der Waals surface area contributed by atoms with Crippen molar-refractivity contribution in [1.82, 2.24) is 19.8 Å². The van der Waals surface area contributed by atoms with E-state index in [9.17, 15) is 4.79 Å². The number of rotatable bonds is 5. The van der Waals surface area contributed by atoms with Gasteiger partial charge in [0.2, 0.25) is 5.91 Å². The van der Waals surface area contributed by atoms with Gasteiger partial charge >= 0.3 is 0 Å². The highest BCUT2D eigenvalue weighted by molar-refractivity contribution is 7.08. The van der Waals surface area contributed by atoms with Gasteiger partial charge in [-0.1, -0.05) is 0 Å². The van der Waals surface area contributed by atoms with Crippen LogP contribution in [-0.4, -0.2) is 46.3 Å². The molecule has 0 saturated carbocycles. The van der Waals surface area contributed by atoms with Crippen LogP contribution < -0.4 is 0 Å². The second-order valence-corrected chi connectivity index (χ2v) is 7.40. The molecule has 0 aliphatic carbocycles. The van der Waals surface area contributed by atoms with Gasteiger partial charge in [-0.2, -0.15) is 11.3 Å².